The zero-order valence-electron chi connectivity index (χ0n) is 18.7. The number of methoxy groups -OCH3 is 3. The number of aliphatic imine (C=N–C) groups is 1. The second kappa shape index (κ2) is 11.8. The summed E-state index contributed by atoms with van der Waals surface area (Å²) in [5.41, 5.74) is 2.28. The van der Waals surface area contributed by atoms with Crippen LogP contribution in [0.2, 0.25) is 0 Å². The third kappa shape index (κ3) is 6.47. The first-order chi connectivity index (χ1) is 14.5. The fourth-order valence-electron chi connectivity index (χ4n) is 2.93. The van der Waals surface area contributed by atoms with Gasteiger partial charge in [0.1, 0.15) is 12.4 Å². The van der Waals surface area contributed by atoms with E-state index in [0.717, 1.165) is 11.3 Å². The van der Waals surface area contributed by atoms with Crippen molar-refractivity contribution in [2.45, 2.75) is 26.3 Å². The van der Waals surface area contributed by atoms with E-state index in [2.05, 4.69) is 41.6 Å². The van der Waals surface area contributed by atoms with Gasteiger partial charge in [-0.3, -0.25) is 4.99 Å². The molecule has 0 aliphatic heterocycles. The maximum absolute atomic E-state index is 5.79. The minimum absolute atomic E-state index is 0.515. The lowest BCUT2D eigenvalue weighted by Crippen LogP contribution is -2.38. The maximum Gasteiger partial charge on any atom is 0.203 e. The van der Waals surface area contributed by atoms with E-state index in [0.29, 0.717) is 48.8 Å². The smallest absolute Gasteiger partial charge is 0.203 e. The van der Waals surface area contributed by atoms with Gasteiger partial charge in [0.2, 0.25) is 5.75 Å². The molecule has 0 atom stereocenters. The lowest BCUT2D eigenvalue weighted by molar-refractivity contribution is 0.321. The van der Waals surface area contributed by atoms with Crippen LogP contribution in [0, 0.1) is 0 Å². The monoisotopic (exact) mass is 415 g/mol. The molecule has 0 radical (unpaired) electrons. The Kier molecular flexibility index (Phi) is 9.12. The summed E-state index contributed by atoms with van der Waals surface area (Å²) < 4.78 is 22.0. The number of rotatable bonds is 10. The molecule has 0 saturated carbocycles. The number of benzene rings is 2. The van der Waals surface area contributed by atoms with E-state index < -0.39 is 0 Å². The molecule has 0 aliphatic rings. The van der Waals surface area contributed by atoms with Crippen LogP contribution >= 0.6 is 0 Å². The topological polar surface area (TPSA) is 73.3 Å². The van der Waals surface area contributed by atoms with Crippen molar-refractivity contribution in [1.29, 1.82) is 0 Å². The first-order valence-corrected chi connectivity index (χ1v) is 9.98. The molecule has 0 saturated heterocycles. The van der Waals surface area contributed by atoms with Gasteiger partial charge >= 0.3 is 0 Å². The summed E-state index contributed by atoms with van der Waals surface area (Å²) in [5, 5.41) is 6.52. The Morgan fingerprint density at radius 3 is 2.07 bits per heavy atom. The van der Waals surface area contributed by atoms with E-state index >= 15 is 0 Å². The van der Waals surface area contributed by atoms with E-state index in [1.165, 1.54) is 5.56 Å². The normalized spacial score (nSPS) is 11.2. The van der Waals surface area contributed by atoms with Gasteiger partial charge in [-0.15, -0.1) is 0 Å². The van der Waals surface area contributed by atoms with Gasteiger partial charge in [0.15, 0.2) is 17.5 Å². The average molecular weight is 416 g/mol. The summed E-state index contributed by atoms with van der Waals surface area (Å²) in [6.45, 7) is 6.06. The van der Waals surface area contributed by atoms with E-state index in [4.69, 9.17) is 18.9 Å². The number of ether oxygens (including phenoxy) is 4. The van der Waals surface area contributed by atoms with Crippen LogP contribution < -0.4 is 29.6 Å². The van der Waals surface area contributed by atoms with Crippen LogP contribution in [0.1, 0.15) is 30.9 Å². The lowest BCUT2D eigenvalue weighted by Gasteiger charge is -2.16. The van der Waals surface area contributed by atoms with Gasteiger partial charge in [-0.25, -0.2) is 0 Å². The van der Waals surface area contributed by atoms with Crippen LogP contribution in [0.15, 0.2) is 41.4 Å². The molecule has 30 heavy (non-hydrogen) atoms. The first-order valence-electron chi connectivity index (χ1n) is 9.98. The van der Waals surface area contributed by atoms with E-state index in [-0.39, 0.29) is 0 Å². The van der Waals surface area contributed by atoms with Crippen molar-refractivity contribution in [2.75, 3.05) is 41.5 Å². The Labute approximate surface area is 179 Å². The highest BCUT2D eigenvalue weighted by Gasteiger charge is 2.13. The van der Waals surface area contributed by atoms with Crippen molar-refractivity contribution >= 4 is 5.96 Å². The molecular formula is C23H33N3O4. The molecule has 0 spiro atoms. The van der Waals surface area contributed by atoms with Gasteiger partial charge in [-0.05, 0) is 41.3 Å². The minimum atomic E-state index is 0.515. The Bertz CT molecular complexity index is 795. The van der Waals surface area contributed by atoms with Gasteiger partial charge in [0.25, 0.3) is 0 Å². The largest absolute Gasteiger partial charge is 0.493 e. The molecule has 2 rings (SSSR count). The van der Waals surface area contributed by atoms with Crippen molar-refractivity contribution in [3.05, 3.63) is 47.5 Å². The molecule has 0 aliphatic carbocycles. The molecule has 7 nitrogen and oxygen atoms in total. The van der Waals surface area contributed by atoms with Crippen LogP contribution in [-0.4, -0.2) is 47.5 Å². The Balaban J connectivity index is 1.83. The molecule has 0 amide bonds. The molecule has 164 valence electrons. The van der Waals surface area contributed by atoms with Crippen molar-refractivity contribution in [1.82, 2.24) is 10.6 Å². The first kappa shape index (κ1) is 23.2. The third-order valence-corrected chi connectivity index (χ3v) is 4.62. The number of hydrogen-bond acceptors (Lipinski definition) is 5. The highest BCUT2D eigenvalue weighted by atomic mass is 16.5. The molecule has 2 aromatic rings. The van der Waals surface area contributed by atoms with E-state index in [9.17, 15) is 0 Å². The number of nitrogens with zero attached hydrogens (tertiary/aromatic N) is 1. The highest BCUT2D eigenvalue weighted by molar-refractivity contribution is 5.79. The fraction of sp³-hybridized carbons (Fsp3) is 0.435. The van der Waals surface area contributed by atoms with Gasteiger partial charge < -0.3 is 29.6 Å². The molecule has 0 aromatic heterocycles. The highest BCUT2D eigenvalue weighted by Crippen LogP contribution is 2.38. The Hall–Kier alpha value is -3.09. The molecular weight excluding hydrogens is 382 g/mol. The number of hydrogen-bond donors (Lipinski definition) is 2. The van der Waals surface area contributed by atoms with Crippen LogP contribution in [0.5, 0.6) is 23.0 Å². The Morgan fingerprint density at radius 1 is 0.933 bits per heavy atom. The van der Waals surface area contributed by atoms with Gasteiger partial charge in [-0.1, -0.05) is 26.0 Å². The standard InChI is InChI=1S/C23H33N3O4/c1-16(2)18-7-9-19(10-8-18)30-12-11-25-23(24-3)26-15-17-13-20(27-4)22(29-6)21(14-17)28-5/h7-10,13-14,16H,11-12,15H2,1-6H3,(H2,24,25,26). The summed E-state index contributed by atoms with van der Waals surface area (Å²) in [7, 11) is 6.53. The average Bonchev–Trinajstić information content (AvgIpc) is 2.77. The Morgan fingerprint density at radius 2 is 1.57 bits per heavy atom. The zero-order valence-corrected chi connectivity index (χ0v) is 18.7. The second-order valence-corrected chi connectivity index (χ2v) is 6.96. The number of nitrogens with one attached hydrogen (secondary N) is 2. The molecule has 0 heterocycles. The van der Waals surface area contributed by atoms with E-state index in [1.807, 2.05) is 24.3 Å². The predicted molar refractivity (Wildman–Crippen MR) is 120 cm³/mol. The minimum Gasteiger partial charge on any atom is -0.493 e. The van der Waals surface area contributed by atoms with Crippen LogP contribution in [0.3, 0.4) is 0 Å². The van der Waals surface area contributed by atoms with Crippen molar-refractivity contribution < 1.29 is 18.9 Å². The lowest BCUT2D eigenvalue weighted by atomic mass is 10.0. The van der Waals surface area contributed by atoms with Crippen molar-refractivity contribution in [2.24, 2.45) is 4.99 Å². The second-order valence-electron chi connectivity index (χ2n) is 6.96. The number of guanidine groups is 1. The van der Waals surface area contributed by atoms with Crippen LogP contribution in [0.4, 0.5) is 0 Å². The summed E-state index contributed by atoms with van der Waals surface area (Å²) in [5.74, 6) is 3.87. The molecule has 2 N–H and O–H groups in total. The fourth-order valence-corrected chi connectivity index (χ4v) is 2.93. The van der Waals surface area contributed by atoms with Crippen LogP contribution in [-0.2, 0) is 6.54 Å². The van der Waals surface area contributed by atoms with Gasteiger partial charge in [0.05, 0.1) is 27.9 Å². The predicted octanol–water partition coefficient (Wildman–Crippen LogP) is 3.58. The molecule has 2 aromatic carbocycles. The molecule has 0 bridgehead atoms. The van der Waals surface area contributed by atoms with Crippen molar-refractivity contribution in [3.8, 4) is 23.0 Å². The summed E-state index contributed by atoms with van der Waals surface area (Å²) >= 11 is 0. The van der Waals surface area contributed by atoms with Gasteiger partial charge in [-0.2, -0.15) is 0 Å². The third-order valence-electron chi connectivity index (χ3n) is 4.62. The zero-order chi connectivity index (χ0) is 21.9. The SMILES string of the molecule is CN=C(NCCOc1ccc(C(C)C)cc1)NCc1cc(OC)c(OC)c(OC)c1. The summed E-state index contributed by atoms with van der Waals surface area (Å²) in [6.07, 6.45) is 0. The molecule has 0 unspecified atom stereocenters. The molecule has 7 heteroatoms. The van der Waals surface area contributed by atoms with Gasteiger partial charge in [0, 0.05) is 13.6 Å². The summed E-state index contributed by atoms with van der Waals surface area (Å²) in [4.78, 5) is 4.25. The quantitative estimate of drug-likeness (QED) is 0.351. The summed E-state index contributed by atoms with van der Waals surface area (Å²) in [6, 6.07) is 12.0. The van der Waals surface area contributed by atoms with E-state index in [1.54, 1.807) is 28.4 Å². The molecule has 0 fully saturated rings. The van der Waals surface area contributed by atoms with Crippen LogP contribution in [0.25, 0.3) is 0 Å². The maximum atomic E-state index is 5.79. The van der Waals surface area contributed by atoms with Crippen molar-refractivity contribution in [3.63, 3.8) is 0 Å².